The molecule has 7 heteroatoms. The second kappa shape index (κ2) is 7.77. The van der Waals surface area contributed by atoms with E-state index in [-0.39, 0.29) is 4.90 Å². The molecule has 0 saturated carbocycles. The monoisotopic (exact) mass is 582 g/mol. The Morgan fingerprint density at radius 2 is 1.56 bits per heavy atom. The van der Waals surface area contributed by atoms with E-state index in [9.17, 15) is 8.42 Å². The van der Waals surface area contributed by atoms with Crippen LogP contribution >= 0.6 is 42.8 Å². The van der Waals surface area contributed by atoms with Crippen LogP contribution in [0.2, 0.25) is 0 Å². The first-order chi connectivity index (χ1) is 11.8. The predicted molar refractivity (Wildman–Crippen MR) is 113 cm³/mol. The third kappa shape index (κ3) is 4.63. The van der Waals surface area contributed by atoms with Gasteiger partial charge in [-0.1, -0.05) is 0 Å². The van der Waals surface area contributed by atoms with Crippen molar-refractivity contribution in [3.63, 3.8) is 0 Å². The Hall–Kier alpha value is -0.910. The predicted octanol–water partition coefficient (Wildman–Crippen LogP) is 5.37. The molecule has 3 aromatic rings. The van der Waals surface area contributed by atoms with E-state index < -0.39 is 30.4 Å². The van der Waals surface area contributed by atoms with Crippen LogP contribution in [0.5, 0.6) is 0 Å². The molecule has 1 aromatic heterocycles. The molecule has 0 amide bonds. The molecule has 3 rings (SSSR count). The standard InChI is InChI=1S/C18H16I2O4S/c1-13-3-10-17(11-4-13)25(21,22)24-20(18-12-5-14(2)23-18)16-8-6-15(19)7-9-16/h3-12H,1-2H3. The summed E-state index contributed by atoms with van der Waals surface area (Å²) in [7, 11) is -3.87. The summed E-state index contributed by atoms with van der Waals surface area (Å²) in [6.07, 6.45) is 0. The van der Waals surface area contributed by atoms with Crippen molar-refractivity contribution in [2.75, 3.05) is 0 Å². The van der Waals surface area contributed by atoms with Crippen LogP contribution in [0, 0.1) is 24.8 Å². The quantitative estimate of drug-likeness (QED) is 0.380. The summed E-state index contributed by atoms with van der Waals surface area (Å²) in [5, 5.41) is 0. The van der Waals surface area contributed by atoms with Crippen molar-refractivity contribution in [3.8, 4) is 0 Å². The topological polar surface area (TPSA) is 56.5 Å². The van der Waals surface area contributed by atoms with Gasteiger partial charge in [0.05, 0.1) is 0 Å². The minimum absolute atomic E-state index is 0.161. The van der Waals surface area contributed by atoms with Crippen LogP contribution in [0.15, 0.2) is 70.0 Å². The summed E-state index contributed by atoms with van der Waals surface area (Å²) < 4.78 is 39.5. The minimum atomic E-state index is -3.87. The second-order valence-electron chi connectivity index (χ2n) is 5.37. The van der Waals surface area contributed by atoms with Crippen molar-refractivity contribution in [2.24, 2.45) is 0 Å². The fraction of sp³-hybridized carbons (Fsp3) is 0.111. The number of rotatable bonds is 5. The molecule has 0 saturated heterocycles. The van der Waals surface area contributed by atoms with Crippen LogP contribution in [0.4, 0.5) is 0 Å². The zero-order chi connectivity index (χ0) is 18.0. The third-order valence-electron chi connectivity index (χ3n) is 3.33. The van der Waals surface area contributed by atoms with E-state index in [1.165, 1.54) is 0 Å². The zero-order valence-electron chi connectivity index (χ0n) is 13.6. The van der Waals surface area contributed by atoms with Gasteiger partial charge in [-0.2, -0.15) is 0 Å². The van der Waals surface area contributed by atoms with Gasteiger partial charge in [0.2, 0.25) is 0 Å². The molecule has 0 aliphatic carbocycles. The van der Waals surface area contributed by atoms with Crippen LogP contribution in [0.25, 0.3) is 0 Å². The van der Waals surface area contributed by atoms with Crippen LogP contribution in [-0.4, -0.2) is 8.42 Å². The first kappa shape index (κ1) is 18.9. The van der Waals surface area contributed by atoms with Gasteiger partial charge in [-0.25, -0.2) is 0 Å². The number of hydrogen-bond donors (Lipinski definition) is 0. The Labute approximate surface area is 168 Å². The van der Waals surface area contributed by atoms with E-state index in [1.54, 1.807) is 24.3 Å². The molecule has 25 heavy (non-hydrogen) atoms. The third-order valence-corrected chi connectivity index (χ3v) is 11.1. The van der Waals surface area contributed by atoms with Gasteiger partial charge in [-0.15, -0.1) is 0 Å². The van der Waals surface area contributed by atoms with Gasteiger partial charge < -0.3 is 0 Å². The van der Waals surface area contributed by atoms with Crippen molar-refractivity contribution >= 4 is 52.9 Å². The summed E-state index contributed by atoms with van der Waals surface area (Å²) >= 11 is -0.516. The fourth-order valence-electron chi connectivity index (χ4n) is 2.04. The molecule has 0 aliphatic rings. The molecular formula is C18H16I2O4S. The summed E-state index contributed by atoms with van der Waals surface area (Å²) in [5.41, 5.74) is 0.994. The molecule has 0 bridgehead atoms. The van der Waals surface area contributed by atoms with E-state index in [1.807, 2.05) is 50.2 Å². The van der Waals surface area contributed by atoms with Gasteiger partial charge in [0.1, 0.15) is 0 Å². The zero-order valence-corrected chi connectivity index (χ0v) is 18.7. The average molecular weight is 582 g/mol. The van der Waals surface area contributed by atoms with E-state index in [4.69, 9.17) is 6.93 Å². The maximum atomic E-state index is 12.7. The van der Waals surface area contributed by atoms with Crippen LogP contribution < -0.4 is 0 Å². The van der Waals surface area contributed by atoms with E-state index in [0.717, 1.165) is 18.5 Å². The van der Waals surface area contributed by atoms with Crippen LogP contribution in [0.3, 0.4) is 0 Å². The van der Waals surface area contributed by atoms with Crippen molar-refractivity contribution < 1.29 is 15.3 Å². The van der Waals surface area contributed by atoms with Gasteiger partial charge in [-0.3, -0.25) is 0 Å². The molecule has 0 aliphatic heterocycles. The van der Waals surface area contributed by atoms with E-state index in [2.05, 4.69) is 22.6 Å². The summed E-state index contributed by atoms with van der Waals surface area (Å²) in [4.78, 5) is 0.161. The average Bonchev–Trinajstić information content (AvgIpc) is 3.00. The Balaban J connectivity index is 2.00. The van der Waals surface area contributed by atoms with Gasteiger partial charge in [0.15, 0.2) is 0 Å². The van der Waals surface area contributed by atoms with Crippen LogP contribution in [0.1, 0.15) is 11.3 Å². The van der Waals surface area contributed by atoms with Crippen molar-refractivity contribution in [1.82, 2.24) is 0 Å². The van der Waals surface area contributed by atoms with E-state index in [0.29, 0.717) is 3.77 Å². The SMILES string of the molecule is Cc1ccc(S(=O)(=O)OI(c2ccc(I)cc2)c2ccc(C)o2)cc1. The van der Waals surface area contributed by atoms with E-state index >= 15 is 0 Å². The molecule has 0 unspecified atom stereocenters. The molecular weight excluding hydrogens is 566 g/mol. The number of furan rings is 1. The molecule has 4 nitrogen and oxygen atoms in total. The molecule has 1 heterocycles. The van der Waals surface area contributed by atoms with Crippen molar-refractivity contribution in [3.05, 3.63) is 82.9 Å². The summed E-state index contributed by atoms with van der Waals surface area (Å²) in [5.74, 6) is 0.735. The summed E-state index contributed by atoms with van der Waals surface area (Å²) in [6.45, 7) is 3.74. The van der Waals surface area contributed by atoms with Crippen LogP contribution in [-0.2, 0) is 12.6 Å². The first-order valence-electron chi connectivity index (χ1n) is 7.39. The molecule has 0 fully saturated rings. The Bertz CT molecular complexity index is 961. The Morgan fingerprint density at radius 3 is 2.12 bits per heavy atom. The molecule has 0 N–H and O–H groups in total. The molecule has 0 spiro atoms. The number of halogens is 2. The fourth-order valence-corrected chi connectivity index (χ4v) is 9.12. The molecule has 132 valence electrons. The first-order valence-corrected chi connectivity index (χ1v) is 12.9. The second-order valence-corrected chi connectivity index (χ2v) is 12.9. The van der Waals surface area contributed by atoms with Gasteiger partial charge in [-0.05, 0) is 0 Å². The normalized spacial score (nSPS) is 12.2. The molecule has 0 atom stereocenters. The van der Waals surface area contributed by atoms with Gasteiger partial charge >= 0.3 is 170 Å². The number of aryl methyl sites for hydroxylation is 2. The molecule has 0 radical (unpaired) electrons. The van der Waals surface area contributed by atoms with Gasteiger partial charge in [0.25, 0.3) is 0 Å². The van der Waals surface area contributed by atoms with Crippen molar-refractivity contribution in [2.45, 2.75) is 18.7 Å². The Morgan fingerprint density at radius 1 is 0.920 bits per heavy atom. The maximum absolute atomic E-state index is 12.7. The molecule has 2 aromatic carbocycles. The number of hydrogen-bond acceptors (Lipinski definition) is 4. The van der Waals surface area contributed by atoms with Gasteiger partial charge in [0, 0.05) is 0 Å². The summed E-state index contributed by atoms with van der Waals surface area (Å²) in [6, 6.07) is 18.0. The number of benzene rings is 2. The van der Waals surface area contributed by atoms with Crippen molar-refractivity contribution in [1.29, 1.82) is 0 Å². The Kier molecular flexibility index (Phi) is 5.86.